The summed E-state index contributed by atoms with van der Waals surface area (Å²) in [5.74, 6) is -0.0654. The number of carbonyl (C=O) groups is 1. The van der Waals surface area contributed by atoms with Gasteiger partial charge in [0.2, 0.25) is 5.91 Å². The van der Waals surface area contributed by atoms with Gasteiger partial charge in [-0.15, -0.1) is 11.3 Å². The van der Waals surface area contributed by atoms with Crippen LogP contribution in [0.15, 0.2) is 33.9 Å². The van der Waals surface area contributed by atoms with Crippen molar-refractivity contribution in [2.45, 2.75) is 36.9 Å². The van der Waals surface area contributed by atoms with E-state index in [1.165, 1.54) is 39.9 Å². The summed E-state index contributed by atoms with van der Waals surface area (Å²) in [7, 11) is -3.44. The number of piperazine rings is 1. The van der Waals surface area contributed by atoms with Crippen LogP contribution in [0.4, 0.5) is 0 Å². The van der Waals surface area contributed by atoms with Crippen LogP contribution in [-0.2, 0) is 14.8 Å². The minimum absolute atomic E-state index is 0.0654. The lowest BCUT2D eigenvalue weighted by Gasteiger charge is -2.33. The van der Waals surface area contributed by atoms with E-state index in [-0.39, 0.29) is 5.91 Å². The Kier molecular flexibility index (Phi) is 5.20. The van der Waals surface area contributed by atoms with Crippen LogP contribution < -0.4 is 0 Å². The number of nitrogens with zero attached hydrogens (tertiary/aromatic N) is 3. The molecule has 0 radical (unpaired) electrons. The molecule has 2 aromatic heterocycles. The lowest BCUT2D eigenvalue weighted by atomic mass is 10.2. The molecule has 0 spiro atoms. The van der Waals surface area contributed by atoms with Crippen LogP contribution in [0, 0.1) is 13.8 Å². The highest BCUT2D eigenvalue weighted by Gasteiger charge is 2.30. The molecule has 3 heterocycles. The summed E-state index contributed by atoms with van der Waals surface area (Å²) in [6.07, 6.45) is 5.97. The van der Waals surface area contributed by atoms with Crippen molar-refractivity contribution >= 4 is 33.3 Å². The highest BCUT2D eigenvalue weighted by Crippen LogP contribution is 2.38. The van der Waals surface area contributed by atoms with E-state index >= 15 is 0 Å². The molecular weight excluding hydrogens is 394 g/mol. The third-order valence-corrected chi connectivity index (χ3v) is 8.75. The normalized spacial score (nSPS) is 18.9. The van der Waals surface area contributed by atoms with E-state index in [1.54, 1.807) is 28.5 Å². The zero-order valence-electron chi connectivity index (χ0n) is 16.2. The summed E-state index contributed by atoms with van der Waals surface area (Å²) >= 11 is 1.22. The molecule has 1 saturated heterocycles. The summed E-state index contributed by atoms with van der Waals surface area (Å²) in [5.41, 5.74) is 3.52. The highest BCUT2D eigenvalue weighted by atomic mass is 32.2. The molecule has 150 valence electrons. The minimum Gasteiger partial charge on any atom is -0.346 e. The highest BCUT2D eigenvalue weighted by molar-refractivity contribution is 7.91. The number of hydrogen-bond acceptors (Lipinski definition) is 4. The zero-order valence-corrected chi connectivity index (χ0v) is 17.8. The van der Waals surface area contributed by atoms with Crippen molar-refractivity contribution in [3.63, 3.8) is 0 Å². The summed E-state index contributed by atoms with van der Waals surface area (Å²) in [5, 5.41) is 1.76. The van der Waals surface area contributed by atoms with E-state index in [2.05, 4.69) is 24.5 Å². The summed E-state index contributed by atoms with van der Waals surface area (Å²) in [6, 6.07) is 6.11. The van der Waals surface area contributed by atoms with Gasteiger partial charge in [-0.05, 0) is 55.8 Å². The van der Waals surface area contributed by atoms with Gasteiger partial charge < -0.3 is 9.47 Å². The first-order valence-corrected chi connectivity index (χ1v) is 11.9. The molecule has 2 aromatic rings. The maximum atomic E-state index is 12.6. The number of hydrogen-bond donors (Lipinski definition) is 0. The Bertz CT molecular complexity index is 994. The predicted octanol–water partition coefficient (Wildman–Crippen LogP) is 3.05. The van der Waals surface area contributed by atoms with E-state index in [0.29, 0.717) is 36.4 Å². The fourth-order valence-electron chi connectivity index (χ4n) is 3.82. The maximum Gasteiger partial charge on any atom is 0.252 e. The molecule has 1 amide bonds. The second kappa shape index (κ2) is 7.50. The van der Waals surface area contributed by atoms with Crippen molar-refractivity contribution in [3.8, 4) is 0 Å². The van der Waals surface area contributed by atoms with Crippen molar-refractivity contribution in [1.82, 2.24) is 13.8 Å². The average molecular weight is 420 g/mol. The van der Waals surface area contributed by atoms with E-state index in [9.17, 15) is 13.2 Å². The largest absolute Gasteiger partial charge is 0.346 e. The van der Waals surface area contributed by atoms with Crippen LogP contribution >= 0.6 is 11.3 Å². The molecule has 1 saturated carbocycles. The Morgan fingerprint density at radius 1 is 1.18 bits per heavy atom. The molecule has 28 heavy (non-hydrogen) atoms. The first-order chi connectivity index (χ1) is 13.4. The lowest BCUT2D eigenvalue weighted by molar-refractivity contribution is -0.127. The number of aromatic nitrogens is 1. The van der Waals surface area contributed by atoms with Gasteiger partial charge in [0.25, 0.3) is 10.0 Å². The first kappa shape index (κ1) is 19.4. The average Bonchev–Trinajstić information content (AvgIpc) is 3.25. The number of aryl methyl sites for hydroxylation is 1. The fourth-order valence-corrected chi connectivity index (χ4v) is 6.39. The first-order valence-electron chi connectivity index (χ1n) is 9.57. The van der Waals surface area contributed by atoms with Gasteiger partial charge in [0, 0.05) is 49.7 Å². The summed E-state index contributed by atoms with van der Waals surface area (Å²) in [6.45, 7) is 5.69. The molecule has 2 aliphatic rings. The molecule has 8 heteroatoms. The predicted molar refractivity (Wildman–Crippen MR) is 111 cm³/mol. The van der Waals surface area contributed by atoms with Crippen molar-refractivity contribution in [2.75, 3.05) is 26.2 Å². The van der Waals surface area contributed by atoms with Gasteiger partial charge in [-0.3, -0.25) is 4.79 Å². The molecule has 2 fully saturated rings. The third kappa shape index (κ3) is 3.68. The molecule has 0 atom stereocenters. The summed E-state index contributed by atoms with van der Waals surface area (Å²) < 4.78 is 29.4. The van der Waals surface area contributed by atoms with E-state index in [1.807, 2.05) is 6.08 Å². The van der Waals surface area contributed by atoms with Crippen molar-refractivity contribution in [3.05, 3.63) is 46.6 Å². The molecule has 0 unspecified atom stereocenters. The summed E-state index contributed by atoms with van der Waals surface area (Å²) in [4.78, 5) is 14.3. The van der Waals surface area contributed by atoms with Gasteiger partial charge in [-0.25, -0.2) is 8.42 Å². The zero-order chi connectivity index (χ0) is 19.9. The second-order valence-electron chi connectivity index (χ2n) is 7.42. The smallest absolute Gasteiger partial charge is 0.252 e. The topological polar surface area (TPSA) is 62.6 Å². The van der Waals surface area contributed by atoms with Crippen LogP contribution in [0.2, 0.25) is 0 Å². The van der Waals surface area contributed by atoms with Gasteiger partial charge in [-0.1, -0.05) is 6.07 Å². The molecular formula is C20H25N3O3S2. The van der Waals surface area contributed by atoms with Gasteiger partial charge >= 0.3 is 0 Å². The lowest BCUT2D eigenvalue weighted by Crippen LogP contribution is -2.50. The molecule has 4 rings (SSSR count). The molecule has 0 bridgehead atoms. The number of sulfonamides is 1. The van der Waals surface area contributed by atoms with Crippen LogP contribution in [0.1, 0.15) is 35.8 Å². The Balaban J connectivity index is 1.38. The molecule has 0 N–H and O–H groups in total. The monoisotopic (exact) mass is 419 g/mol. The molecule has 1 aliphatic heterocycles. The SMILES string of the molecule is Cc1cc(C=CC(=O)N2CCN(S(=O)(=O)c3cccs3)CC2)c(C)n1C1CC1. The van der Waals surface area contributed by atoms with Crippen LogP contribution in [0.25, 0.3) is 6.08 Å². The van der Waals surface area contributed by atoms with Gasteiger partial charge in [-0.2, -0.15) is 4.31 Å². The van der Waals surface area contributed by atoms with Crippen LogP contribution in [0.3, 0.4) is 0 Å². The van der Waals surface area contributed by atoms with Gasteiger partial charge in [0.05, 0.1) is 0 Å². The van der Waals surface area contributed by atoms with Crippen LogP contribution in [0.5, 0.6) is 0 Å². The van der Waals surface area contributed by atoms with E-state index in [4.69, 9.17) is 0 Å². The standard InChI is InChI=1S/C20H25N3O3S2/c1-15-14-17(16(2)23(15)18-6-7-18)5-8-19(24)21-9-11-22(12-10-21)28(25,26)20-4-3-13-27-20/h3-5,8,13-14,18H,6-7,9-12H2,1-2H3. The molecule has 0 aromatic carbocycles. The molecule has 6 nitrogen and oxygen atoms in total. The fraction of sp³-hybridized carbons (Fsp3) is 0.450. The Labute approximate surface area is 170 Å². The van der Waals surface area contributed by atoms with Crippen molar-refractivity contribution < 1.29 is 13.2 Å². The Morgan fingerprint density at radius 3 is 2.50 bits per heavy atom. The minimum atomic E-state index is -3.44. The number of rotatable bonds is 5. The van der Waals surface area contributed by atoms with Crippen molar-refractivity contribution in [1.29, 1.82) is 0 Å². The number of thiophene rings is 1. The molecule has 1 aliphatic carbocycles. The number of amides is 1. The Morgan fingerprint density at radius 2 is 1.89 bits per heavy atom. The second-order valence-corrected chi connectivity index (χ2v) is 10.5. The quantitative estimate of drug-likeness (QED) is 0.700. The van der Waals surface area contributed by atoms with Crippen LogP contribution in [-0.4, -0.2) is 54.3 Å². The van der Waals surface area contributed by atoms with E-state index < -0.39 is 10.0 Å². The van der Waals surface area contributed by atoms with Gasteiger partial charge in [0.1, 0.15) is 4.21 Å². The maximum absolute atomic E-state index is 12.6. The van der Waals surface area contributed by atoms with Gasteiger partial charge in [0.15, 0.2) is 0 Å². The number of carbonyl (C=O) groups excluding carboxylic acids is 1. The third-order valence-electron chi connectivity index (χ3n) is 5.48. The van der Waals surface area contributed by atoms with E-state index in [0.717, 1.165) is 5.56 Å². The van der Waals surface area contributed by atoms with Crippen molar-refractivity contribution in [2.24, 2.45) is 0 Å². The Hall–Kier alpha value is -1.90.